The normalized spacial score (nSPS) is 22.7. The Labute approximate surface area is 260 Å². The fourth-order valence-electron chi connectivity index (χ4n) is 8.25. The molecule has 0 spiro atoms. The Hall–Kier alpha value is -4.62. The predicted molar refractivity (Wildman–Crippen MR) is 178 cm³/mol. The minimum Gasteiger partial charge on any atom is -0.208 e. The molecule has 4 aromatic carbocycles. The molecule has 1 unspecified atom stereocenters. The molecule has 0 amide bonds. The molecule has 4 heteroatoms. The highest BCUT2D eigenvalue weighted by molar-refractivity contribution is 5.74. The van der Waals surface area contributed by atoms with Crippen LogP contribution in [-0.4, -0.2) is 15.0 Å². The molecular formula is C40H38N4. The van der Waals surface area contributed by atoms with Crippen molar-refractivity contribution < 1.29 is 0 Å². The number of aryl methyl sites for hydroxylation is 1. The highest BCUT2D eigenvalue weighted by atomic mass is 15.0. The zero-order chi connectivity index (χ0) is 30.3. The lowest BCUT2D eigenvalue weighted by Crippen LogP contribution is -2.42. The lowest BCUT2D eigenvalue weighted by Gasteiger charge is -2.50. The number of fused-ring (bicyclic) bond motifs is 2. The van der Waals surface area contributed by atoms with Gasteiger partial charge in [0.2, 0.25) is 0 Å². The molecule has 0 N–H and O–H groups in total. The molecule has 4 atom stereocenters. The summed E-state index contributed by atoms with van der Waals surface area (Å²) in [7, 11) is 0. The zero-order valence-electron chi connectivity index (χ0n) is 25.8. The standard InChI is InChI=1S/C40H38N4/c1-26-16-29-17-27(2)23-40(22-26,24-29)35-20-30(25-41)19-34(21-35)33-14-15-36(28(3)18-33)39-43-37(31-10-6-4-7-11-31)42-38(44-39)32-12-8-5-9-13-32/h4-15,18-21,26-27,29H,16-17,22-24H2,1-3H3/t26-,27+,29-,40?. The van der Waals surface area contributed by atoms with E-state index in [1.165, 1.54) is 37.7 Å². The molecule has 218 valence electrons. The monoisotopic (exact) mass is 574 g/mol. The van der Waals surface area contributed by atoms with E-state index in [9.17, 15) is 5.26 Å². The number of benzene rings is 4. The Bertz CT molecular complexity index is 1780. The average molecular weight is 575 g/mol. The van der Waals surface area contributed by atoms with Gasteiger partial charge in [-0.3, -0.25) is 0 Å². The lowest BCUT2D eigenvalue weighted by molar-refractivity contribution is 0.0780. The Morgan fingerprint density at radius 3 is 1.80 bits per heavy atom. The smallest absolute Gasteiger partial charge is 0.164 e. The van der Waals surface area contributed by atoms with Gasteiger partial charge in [0, 0.05) is 16.7 Å². The second-order valence-corrected chi connectivity index (χ2v) is 13.4. The summed E-state index contributed by atoms with van der Waals surface area (Å²) < 4.78 is 0. The summed E-state index contributed by atoms with van der Waals surface area (Å²) in [5.74, 6) is 4.21. The molecule has 5 aromatic rings. The Morgan fingerprint density at radius 2 is 1.23 bits per heavy atom. The van der Waals surface area contributed by atoms with E-state index in [-0.39, 0.29) is 5.41 Å². The first-order valence-corrected chi connectivity index (χ1v) is 15.9. The van der Waals surface area contributed by atoms with Gasteiger partial charge in [-0.15, -0.1) is 0 Å². The number of nitriles is 1. The van der Waals surface area contributed by atoms with Crippen LogP contribution in [0, 0.1) is 36.0 Å². The van der Waals surface area contributed by atoms with Crippen molar-refractivity contribution in [3.05, 3.63) is 114 Å². The van der Waals surface area contributed by atoms with Crippen molar-refractivity contribution in [1.29, 1.82) is 5.26 Å². The van der Waals surface area contributed by atoms with Crippen molar-refractivity contribution in [3.63, 3.8) is 0 Å². The quantitative estimate of drug-likeness (QED) is 0.210. The van der Waals surface area contributed by atoms with E-state index in [1.54, 1.807) is 0 Å². The van der Waals surface area contributed by atoms with Crippen LogP contribution in [0.15, 0.2) is 97.1 Å². The topological polar surface area (TPSA) is 62.5 Å². The Morgan fingerprint density at radius 1 is 0.636 bits per heavy atom. The van der Waals surface area contributed by atoms with E-state index in [0.717, 1.165) is 56.7 Å². The van der Waals surface area contributed by atoms with Crippen LogP contribution in [0.1, 0.15) is 62.6 Å². The van der Waals surface area contributed by atoms with Crippen LogP contribution < -0.4 is 0 Å². The maximum Gasteiger partial charge on any atom is 0.164 e. The largest absolute Gasteiger partial charge is 0.208 e. The molecule has 4 nitrogen and oxygen atoms in total. The SMILES string of the molecule is Cc1cc(-c2cc(C#N)cc(C34C[C@H](C)C[C@H](C[C@H](C)C3)C4)c2)ccc1-c1nc(-c2ccccc2)nc(-c2ccccc2)n1. The summed E-state index contributed by atoms with van der Waals surface area (Å²) >= 11 is 0. The van der Waals surface area contributed by atoms with Gasteiger partial charge in [-0.1, -0.05) is 98.8 Å². The third-order valence-corrected chi connectivity index (χ3v) is 9.80. The van der Waals surface area contributed by atoms with Crippen LogP contribution >= 0.6 is 0 Å². The van der Waals surface area contributed by atoms with Gasteiger partial charge >= 0.3 is 0 Å². The van der Waals surface area contributed by atoms with Crippen molar-refractivity contribution in [3.8, 4) is 51.4 Å². The molecule has 2 fully saturated rings. The fourth-order valence-corrected chi connectivity index (χ4v) is 8.25. The summed E-state index contributed by atoms with van der Waals surface area (Å²) in [6.45, 7) is 6.96. The van der Waals surface area contributed by atoms with Gasteiger partial charge < -0.3 is 0 Å². The number of aromatic nitrogens is 3. The van der Waals surface area contributed by atoms with Crippen LogP contribution in [-0.2, 0) is 5.41 Å². The van der Waals surface area contributed by atoms with E-state index < -0.39 is 0 Å². The number of hydrogen-bond donors (Lipinski definition) is 0. The summed E-state index contributed by atoms with van der Waals surface area (Å²) in [4.78, 5) is 14.7. The van der Waals surface area contributed by atoms with Gasteiger partial charge in [0.15, 0.2) is 17.5 Å². The third kappa shape index (κ3) is 5.44. The molecule has 0 radical (unpaired) electrons. The van der Waals surface area contributed by atoms with E-state index in [4.69, 9.17) is 15.0 Å². The Kier molecular flexibility index (Phi) is 7.34. The van der Waals surface area contributed by atoms with Crippen LogP contribution in [0.3, 0.4) is 0 Å². The fraction of sp³-hybridized carbons (Fsp3) is 0.300. The van der Waals surface area contributed by atoms with Gasteiger partial charge in [-0.05, 0) is 96.6 Å². The van der Waals surface area contributed by atoms with E-state index >= 15 is 0 Å². The summed E-state index contributed by atoms with van der Waals surface area (Å²) in [5, 5.41) is 10.1. The predicted octanol–water partition coefficient (Wildman–Crippen LogP) is 9.82. The maximum absolute atomic E-state index is 10.1. The van der Waals surface area contributed by atoms with Crippen LogP contribution in [0.4, 0.5) is 0 Å². The van der Waals surface area contributed by atoms with Crippen molar-refractivity contribution in [2.24, 2.45) is 17.8 Å². The third-order valence-electron chi connectivity index (χ3n) is 9.80. The molecule has 44 heavy (non-hydrogen) atoms. The average Bonchev–Trinajstić information content (AvgIpc) is 3.04. The first-order valence-electron chi connectivity index (χ1n) is 15.9. The van der Waals surface area contributed by atoms with Gasteiger partial charge in [0.1, 0.15) is 0 Å². The van der Waals surface area contributed by atoms with Crippen LogP contribution in [0.25, 0.3) is 45.3 Å². The summed E-state index contributed by atoms with van der Waals surface area (Å²) in [6, 6.07) is 35.8. The van der Waals surface area contributed by atoms with Crippen molar-refractivity contribution in [1.82, 2.24) is 15.0 Å². The molecule has 2 saturated carbocycles. The number of rotatable bonds is 5. The highest BCUT2D eigenvalue weighted by Gasteiger charge is 2.45. The zero-order valence-corrected chi connectivity index (χ0v) is 25.8. The molecule has 0 aliphatic heterocycles. The van der Waals surface area contributed by atoms with Gasteiger partial charge in [-0.25, -0.2) is 15.0 Å². The molecule has 2 bridgehead atoms. The summed E-state index contributed by atoms with van der Waals surface area (Å²) in [5.41, 5.74) is 8.49. The second kappa shape index (κ2) is 11.5. The van der Waals surface area contributed by atoms with Crippen molar-refractivity contribution in [2.45, 2.75) is 58.3 Å². The summed E-state index contributed by atoms with van der Waals surface area (Å²) in [6.07, 6.45) is 6.36. The van der Waals surface area contributed by atoms with Crippen molar-refractivity contribution in [2.75, 3.05) is 0 Å². The van der Waals surface area contributed by atoms with E-state index in [2.05, 4.69) is 63.2 Å². The highest BCUT2D eigenvalue weighted by Crippen LogP contribution is 2.54. The molecule has 2 aliphatic carbocycles. The van der Waals surface area contributed by atoms with E-state index in [1.807, 2.05) is 60.7 Å². The molecule has 2 aliphatic rings. The van der Waals surface area contributed by atoms with Crippen molar-refractivity contribution >= 4 is 0 Å². The maximum atomic E-state index is 10.1. The Balaban J connectivity index is 1.30. The minimum atomic E-state index is 0.170. The van der Waals surface area contributed by atoms with Gasteiger partial charge in [-0.2, -0.15) is 5.26 Å². The van der Waals surface area contributed by atoms with Gasteiger partial charge in [0.05, 0.1) is 11.6 Å². The minimum absolute atomic E-state index is 0.170. The van der Waals surface area contributed by atoms with Crippen LogP contribution in [0.2, 0.25) is 0 Å². The number of nitrogens with zero attached hydrogens (tertiary/aromatic N) is 4. The first kappa shape index (κ1) is 28.2. The molecule has 7 rings (SSSR count). The molecule has 1 heterocycles. The van der Waals surface area contributed by atoms with E-state index in [0.29, 0.717) is 17.5 Å². The van der Waals surface area contributed by atoms with Crippen LogP contribution in [0.5, 0.6) is 0 Å². The van der Waals surface area contributed by atoms with Gasteiger partial charge in [0.25, 0.3) is 0 Å². The molecule has 1 aromatic heterocycles. The first-order chi connectivity index (χ1) is 21.4. The molecular weight excluding hydrogens is 536 g/mol. The lowest BCUT2D eigenvalue weighted by atomic mass is 9.54. The second-order valence-electron chi connectivity index (χ2n) is 13.4. The molecule has 0 saturated heterocycles. The number of hydrogen-bond acceptors (Lipinski definition) is 4.